The average molecular weight is 465 g/mol. The molecule has 1 N–H and O–H groups in total. The highest BCUT2D eigenvalue weighted by Gasteiger charge is 2.24. The van der Waals surface area contributed by atoms with Crippen molar-refractivity contribution >= 4 is 23.6 Å². The van der Waals surface area contributed by atoms with Gasteiger partial charge < -0.3 is 24.3 Å². The van der Waals surface area contributed by atoms with E-state index < -0.39 is 23.8 Å². The molecule has 1 atom stereocenters. The second-order valence-electron chi connectivity index (χ2n) is 7.01. The summed E-state index contributed by atoms with van der Waals surface area (Å²) < 4.78 is 34.6. The van der Waals surface area contributed by atoms with Crippen LogP contribution in [0.2, 0.25) is 0 Å². The molecule has 1 amide bonds. The Labute approximate surface area is 196 Å². The number of esters is 1. The van der Waals surface area contributed by atoms with E-state index in [-0.39, 0.29) is 0 Å². The molecule has 0 heterocycles. The summed E-state index contributed by atoms with van der Waals surface area (Å²) in [4.78, 5) is 25.5. The number of hydrogen-bond donors (Lipinski definition) is 1. The Kier molecular flexibility index (Phi) is 8.23. The standard InChI is InChI=1S/C26H24FNO6/c1-31-21-16-23(33-3)22(32-2)15-18(21)9-14-24(29)34-25(17-7-5-4-6-8-17)26(30)28-20-12-10-19(27)11-13-20/h4-16,25H,1-3H3,(H,28,30)/b14-9+. The van der Waals surface area contributed by atoms with Gasteiger partial charge in [-0.2, -0.15) is 0 Å². The van der Waals surface area contributed by atoms with Gasteiger partial charge in [0.05, 0.1) is 21.3 Å². The first-order valence-corrected chi connectivity index (χ1v) is 10.2. The molecule has 3 rings (SSSR count). The van der Waals surface area contributed by atoms with Gasteiger partial charge in [0.1, 0.15) is 11.6 Å². The summed E-state index contributed by atoms with van der Waals surface area (Å²) in [6.07, 6.45) is 1.45. The van der Waals surface area contributed by atoms with Crippen molar-refractivity contribution in [2.75, 3.05) is 26.6 Å². The number of amides is 1. The number of carbonyl (C=O) groups is 2. The molecule has 0 aliphatic rings. The van der Waals surface area contributed by atoms with Crippen LogP contribution in [0, 0.1) is 5.82 Å². The van der Waals surface area contributed by atoms with Crippen LogP contribution in [-0.4, -0.2) is 33.2 Å². The summed E-state index contributed by atoms with van der Waals surface area (Å²) >= 11 is 0. The summed E-state index contributed by atoms with van der Waals surface area (Å²) in [6, 6.07) is 17.1. The molecule has 0 radical (unpaired) electrons. The van der Waals surface area contributed by atoms with Gasteiger partial charge in [-0.15, -0.1) is 0 Å². The van der Waals surface area contributed by atoms with E-state index >= 15 is 0 Å². The van der Waals surface area contributed by atoms with Crippen molar-refractivity contribution < 1.29 is 32.9 Å². The van der Waals surface area contributed by atoms with Crippen LogP contribution < -0.4 is 19.5 Å². The molecule has 7 nitrogen and oxygen atoms in total. The van der Waals surface area contributed by atoms with Crippen molar-refractivity contribution in [1.29, 1.82) is 0 Å². The van der Waals surface area contributed by atoms with Crippen molar-refractivity contribution in [3.05, 3.63) is 89.8 Å². The monoisotopic (exact) mass is 465 g/mol. The summed E-state index contributed by atoms with van der Waals surface area (Å²) in [5.41, 5.74) is 1.39. The van der Waals surface area contributed by atoms with Gasteiger partial charge in [0.2, 0.25) is 6.10 Å². The first kappa shape index (κ1) is 24.3. The van der Waals surface area contributed by atoms with Gasteiger partial charge >= 0.3 is 5.97 Å². The van der Waals surface area contributed by atoms with Crippen LogP contribution >= 0.6 is 0 Å². The molecule has 0 bridgehead atoms. The number of nitrogens with one attached hydrogen (secondary N) is 1. The van der Waals surface area contributed by atoms with Gasteiger partial charge in [0.15, 0.2) is 11.5 Å². The van der Waals surface area contributed by atoms with Gasteiger partial charge in [-0.25, -0.2) is 9.18 Å². The van der Waals surface area contributed by atoms with Crippen molar-refractivity contribution in [3.63, 3.8) is 0 Å². The predicted octanol–water partition coefficient (Wildman–Crippen LogP) is 4.79. The maximum atomic E-state index is 13.2. The number of carbonyl (C=O) groups excluding carboxylic acids is 2. The Hall–Kier alpha value is -4.33. The third kappa shape index (κ3) is 6.13. The Bertz CT molecular complexity index is 1160. The molecule has 0 spiro atoms. The van der Waals surface area contributed by atoms with Crippen molar-refractivity contribution in [2.24, 2.45) is 0 Å². The Morgan fingerprint density at radius 1 is 0.853 bits per heavy atom. The lowest BCUT2D eigenvalue weighted by Gasteiger charge is -2.17. The summed E-state index contributed by atoms with van der Waals surface area (Å²) in [6.45, 7) is 0. The van der Waals surface area contributed by atoms with E-state index in [0.29, 0.717) is 34.1 Å². The highest BCUT2D eigenvalue weighted by Crippen LogP contribution is 2.35. The van der Waals surface area contributed by atoms with Crippen molar-refractivity contribution in [2.45, 2.75) is 6.10 Å². The van der Waals surface area contributed by atoms with Crippen LogP contribution in [0.4, 0.5) is 10.1 Å². The second kappa shape index (κ2) is 11.5. The van der Waals surface area contributed by atoms with E-state index in [4.69, 9.17) is 18.9 Å². The van der Waals surface area contributed by atoms with E-state index in [1.807, 2.05) is 0 Å². The van der Waals surface area contributed by atoms with Crippen LogP contribution in [0.3, 0.4) is 0 Å². The van der Waals surface area contributed by atoms with Crippen molar-refractivity contribution in [1.82, 2.24) is 0 Å². The number of halogens is 1. The fraction of sp³-hybridized carbons (Fsp3) is 0.154. The minimum absolute atomic E-state index is 0.369. The minimum atomic E-state index is -1.23. The number of ether oxygens (including phenoxy) is 4. The Balaban J connectivity index is 1.81. The summed E-state index contributed by atoms with van der Waals surface area (Å²) in [5, 5.41) is 2.64. The van der Waals surface area contributed by atoms with E-state index in [0.717, 1.165) is 0 Å². The zero-order valence-electron chi connectivity index (χ0n) is 18.9. The molecule has 0 saturated heterocycles. The Morgan fingerprint density at radius 3 is 2.09 bits per heavy atom. The number of rotatable bonds is 9. The normalized spacial score (nSPS) is 11.5. The molecular formula is C26H24FNO6. The predicted molar refractivity (Wildman–Crippen MR) is 125 cm³/mol. The lowest BCUT2D eigenvalue weighted by molar-refractivity contribution is -0.149. The van der Waals surface area contributed by atoms with Crippen molar-refractivity contribution in [3.8, 4) is 17.2 Å². The topological polar surface area (TPSA) is 83.1 Å². The fourth-order valence-corrected chi connectivity index (χ4v) is 3.14. The lowest BCUT2D eigenvalue weighted by Crippen LogP contribution is -2.25. The smallest absolute Gasteiger partial charge is 0.331 e. The summed E-state index contributed by atoms with van der Waals surface area (Å²) in [5.74, 6) is -0.379. The van der Waals surface area contributed by atoms with E-state index in [2.05, 4.69) is 5.32 Å². The molecule has 3 aromatic rings. The zero-order valence-corrected chi connectivity index (χ0v) is 18.9. The molecule has 0 aliphatic heterocycles. The molecule has 176 valence electrons. The number of anilines is 1. The third-order valence-electron chi connectivity index (χ3n) is 4.82. The maximum absolute atomic E-state index is 13.2. The molecule has 0 fully saturated rings. The lowest BCUT2D eigenvalue weighted by atomic mass is 10.1. The van der Waals surface area contributed by atoms with Gasteiger partial charge in [0.25, 0.3) is 5.91 Å². The first-order chi connectivity index (χ1) is 16.4. The quantitative estimate of drug-likeness (QED) is 0.362. The maximum Gasteiger partial charge on any atom is 0.331 e. The summed E-state index contributed by atoms with van der Waals surface area (Å²) in [7, 11) is 4.49. The molecule has 0 aliphatic carbocycles. The third-order valence-corrected chi connectivity index (χ3v) is 4.82. The molecule has 0 aromatic heterocycles. The van der Waals surface area contributed by atoms with E-state index in [1.54, 1.807) is 42.5 Å². The SMILES string of the molecule is COc1cc(OC)c(OC)cc1/C=C/C(=O)OC(C(=O)Nc1ccc(F)cc1)c1ccccc1. The van der Waals surface area contributed by atoms with E-state index in [9.17, 15) is 14.0 Å². The van der Waals surface area contributed by atoms with Crippen LogP contribution in [0.15, 0.2) is 72.8 Å². The van der Waals surface area contributed by atoms with Crippen LogP contribution in [0.25, 0.3) is 6.08 Å². The molecule has 8 heteroatoms. The molecule has 0 saturated carbocycles. The van der Waals surface area contributed by atoms with Gasteiger partial charge in [0, 0.05) is 29.0 Å². The zero-order chi connectivity index (χ0) is 24.5. The van der Waals surface area contributed by atoms with Gasteiger partial charge in [-0.05, 0) is 36.4 Å². The van der Waals surface area contributed by atoms with Crippen LogP contribution in [0.1, 0.15) is 17.2 Å². The highest BCUT2D eigenvalue weighted by molar-refractivity contribution is 5.97. The molecule has 1 unspecified atom stereocenters. The number of hydrogen-bond acceptors (Lipinski definition) is 6. The largest absolute Gasteiger partial charge is 0.496 e. The first-order valence-electron chi connectivity index (χ1n) is 10.2. The molecule has 34 heavy (non-hydrogen) atoms. The Morgan fingerprint density at radius 2 is 1.47 bits per heavy atom. The minimum Gasteiger partial charge on any atom is -0.496 e. The second-order valence-corrected chi connectivity index (χ2v) is 7.01. The van der Waals surface area contributed by atoms with Crippen LogP contribution in [-0.2, 0) is 14.3 Å². The molecule has 3 aromatic carbocycles. The van der Waals surface area contributed by atoms with E-state index in [1.165, 1.54) is 57.7 Å². The van der Waals surface area contributed by atoms with Gasteiger partial charge in [-0.1, -0.05) is 30.3 Å². The number of benzene rings is 3. The number of methoxy groups -OCH3 is 3. The molecular weight excluding hydrogens is 441 g/mol. The highest BCUT2D eigenvalue weighted by atomic mass is 19.1. The average Bonchev–Trinajstić information content (AvgIpc) is 2.87. The fourth-order valence-electron chi connectivity index (χ4n) is 3.14. The van der Waals surface area contributed by atoms with Crippen LogP contribution in [0.5, 0.6) is 17.2 Å². The van der Waals surface area contributed by atoms with Gasteiger partial charge in [-0.3, -0.25) is 4.79 Å².